The lowest BCUT2D eigenvalue weighted by Crippen LogP contribution is -2.67. The Balaban J connectivity index is 1.44. The van der Waals surface area contributed by atoms with E-state index in [4.69, 9.17) is 33.2 Å². The minimum atomic E-state index is -2.02. The second-order valence-corrected chi connectivity index (χ2v) is 11.9. The summed E-state index contributed by atoms with van der Waals surface area (Å²) in [5.41, 5.74) is -1.95. The Morgan fingerprint density at radius 3 is 1.57 bits per heavy atom. The monoisotopic (exact) mass is 686 g/mol. The standard InChI is InChI=1S/C27H42O20/c28-4-8-3-12(32)27(1-2-41-23(13(8)27)46-25-21(40)18(37)15(34)10(6-30)43-25)47-26-22(19(38)16(35)11(7-31)44-26)45-24-20(39)17(36)14(33)9(5-29)42-24/h1-3,9-26,28-40H,4-7H2/t9-,10+,11+,12+,13-,14-,15-,16+,17+,18+,19-,20-,21-,22+,23-,24-,25-,26+,27?/m0/s1. The molecule has 47 heavy (non-hydrogen) atoms. The zero-order valence-corrected chi connectivity index (χ0v) is 24.6. The molecule has 0 bridgehead atoms. The van der Waals surface area contributed by atoms with Crippen LogP contribution in [0.5, 0.6) is 0 Å². The van der Waals surface area contributed by atoms with E-state index in [9.17, 15) is 66.4 Å². The molecule has 270 valence electrons. The lowest BCUT2D eigenvalue weighted by Gasteiger charge is -2.50. The van der Waals surface area contributed by atoms with Crippen molar-refractivity contribution in [1.29, 1.82) is 0 Å². The van der Waals surface area contributed by atoms with Gasteiger partial charge in [-0.2, -0.15) is 0 Å². The third kappa shape index (κ3) is 6.59. The summed E-state index contributed by atoms with van der Waals surface area (Å²) < 4.78 is 39.8. The third-order valence-corrected chi connectivity index (χ3v) is 9.12. The summed E-state index contributed by atoms with van der Waals surface area (Å²) in [5, 5.41) is 134. The van der Waals surface area contributed by atoms with E-state index in [1.54, 1.807) is 0 Å². The van der Waals surface area contributed by atoms with Crippen LogP contribution in [0, 0.1) is 5.92 Å². The summed E-state index contributed by atoms with van der Waals surface area (Å²) in [4.78, 5) is 0. The molecule has 4 aliphatic heterocycles. The molecule has 0 aromatic heterocycles. The zero-order valence-electron chi connectivity index (χ0n) is 24.6. The van der Waals surface area contributed by atoms with E-state index >= 15 is 0 Å². The molecule has 19 atom stereocenters. The molecule has 20 heteroatoms. The van der Waals surface area contributed by atoms with Crippen LogP contribution in [0.1, 0.15) is 0 Å². The van der Waals surface area contributed by atoms with E-state index in [2.05, 4.69) is 0 Å². The number of aliphatic hydroxyl groups excluding tert-OH is 13. The van der Waals surface area contributed by atoms with E-state index in [-0.39, 0.29) is 5.57 Å². The lowest BCUT2D eigenvalue weighted by atomic mass is 9.82. The number of rotatable bonds is 10. The van der Waals surface area contributed by atoms with Gasteiger partial charge in [0, 0.05) is 0 Å². The van der Waals surface area contributed by atoms with Crippen LogP contribution in [0.4, 0.5) is 0 Å². The Morgan fingerprint density at radius 1 is 0.574 bits per heavy atom. The number of ether oxygens (including phenoxy) is 7. The quantitative estimate of drug-likeness (QED) is 0.0949. The van der Waals surface area contributed by atoms with Crippen molar-refractivity contribution in [1.82, 2.24) is 0 Å². The van der Waals surface area contributed by atoms with Gasteiger partial charge in [0.05, 0.1) is 38.6 Å². The Bertz CT molecular complexity index is 1110. The molecular weight excluding hydrogens is 644 g/mol. The van der Waals surface area contributed by atoms with Gasteiger partial charge < -0.3 is 99.5 Å². The van der Waals surface area contributed by atoms with Crippen molar-refractivity contribution in [3.63, 3.8) is 0 Å². The first-order valence-corrected chi connectivity index (χ1v) is 14.9. The molecule has 0 saturated carbocycles. The van der Waals surface area contributed by atoms with Crippen molar-refractivity contribution < 1.29 is 99.5 Å². The van der Waals surface area contributed by atoms with Gasteiger partial charge >= 0.3 is 0 Å². The van der Waals surface area contributed by atoms with Crippen molar-refractivity contribution in [2.75, 3.05) is 26.4 Å². The maximum Gasteiger partial charge on any atom is 0.211 e. The molecule has 1 unspecified atom stereocenters. The Morgan fingerprint density at radius 2 is 1.06 bits per heavy atom. The normalized spacial score (nSPS) is 51.7. The number of fused-ring (bicyclic) bond motifs is 1. The molecule has 0 spiro atoms. The fraction of sp³-hybridized carbons (Fsp3) is 0.852. The van der Waals surface area contributed by atoms with Crippen LogP contribution >= 0.6 is 0 Å². The summed E-state index contributed by atoms with van der Waals surface area (Å²) in [6, 6.07) is 0. The minimum Gasteiger partial charge on any atom is -0.472 e. The molecule has 0 radical (unpaired) electrons. The van der Waals surface area contributed by atoms with Crippen LogP contribution in [0.2, 0.25) is 0 Å². The molecule has 3 saturated heterocycles. The van der Waals surface area contributed by atoms with Crippen LogP contribution < -0.4 is 0 Å². The predicted molar refractivity (Wildman–Crippen MR) is 144 cm³/mol. The second-order valence-electron chi connectivity index (χ2n) is 11.9. The van der Waals surface area contributed by atoms with Crippen molar-refractivity contribution in [3.05, 3.63) is 24.0 Å². The third-order valence-electron chi connectivity index (χ3n) is 9.12. The van der Waals surface area contributed by atoms with E-state index in [0.717, 1.165) is 6.26 Å². The zero-order chi connectivity index (χ0) is 34.4. The van der Waals surface area contributed by atoms with Crippen molar-refractivity contribution in [2.45, 2.75) is 110 Å². The van der Waals surface area contributed by atoms with Crippen LogP contribution in [0.25, 0.3) is 0 Å². The fourth-order valence-electron chi connectivity index (χ4n) is 6.39. The van der Waals surface area contributed by atoms with Gasteiger partial charge in [0.1, 0.15) is 85.0 Å². The highest BCUT2D eigenvalue weighted by Crippen LogP contribution is 2.48. The van der Waals surface area contributed by atoms with Gasteiger partial charge in [-0.05, 0) is 11.6 Å². The molecule has 1 aliphatic carbocycles. The highest BCUT2D eigenvalue weighted by molar-refractivity contribution is 5.34. The number of hydrogen-bond acceptors (Lipinski definition) is 20. The molecular formula is C27H42O20. The highest BCUT2D eigenvalue weighted by atomic mass is 16.8. The summed E-state index contributed by atoms with van der Waals surface area (Å²) in [6.45, 7) is -3.11. The molecule has 5 rings (SSSR count). The summed E-state index contributed by atoms with van der Waals surface area (Å²) >= 11 is 0. The Kier molecular flexibility index (Phi) is 11.6. The molecule has 4 heterocycles. The van der Waals surface area contributed by atoms with E-state index in [1.807, 2.05) is 0 Å². The molecule has 13 N–H and O–H groups in total. The second kappa shape index (κ2) is 14.8. The SMILES string of the molecule is OCC1=C[C@@H](O)C2(O[C@H]3O[C@H](CO)[C@@H](O)[C@H](O)[C@H]3O[C@@H]3O[C@@H](CO)[C@H](O)[C@@H](O)[C@@H]3O)C=CO[C@@H](O[C@@H]3O[C@H](CO)[C@H](O)[C@@H](O)[C@@H]3O)[C@H]12. The van der Waals surface area contributed by atoms with Gasteiger partial charge in [0.15, 0.2) is 18.9 Å². The van der Waals surface area contributed by atoms with Gasteiger partial charge in [-0.1, -0.05) is 6.08 Å². The van der Waals surface area contributed by atoms with Gasteiger partial charge in [-0.25, -0.2) is 0 Å². The lowest BCUT2D eigenvalue weighted by molar-refractivity contribution is -0.388. The van der Waals surface area contributed by atoms with E-state index < -0.39 is 142 Å². The predicted octanol–water partition coefficient (Wildman–Crippen LogP) is -8.04. The number of aliphatic hydroxyl groups is 13. The first kappa shape index (κ1) is 36.8. The van der Waals surface area contributed by atoms with Crippen molar-refractivity contribution >= 4 is 0 Å². The van der Waals surface area contributed by atoms with Gasteiger partial charge in [-0.15, -0.1) is 0 Å². The smallest absolute Gasteiger partial charge is 0.211 e. The van der Waals surface area contributed by atoms with Crippen LogP contribution in [-0.4, -0.2) is 203 Å². The van der Waals surface area contributed by atoms with Gasteiger partial charge in [-0.3, -0.25) is 0 Å². The summed E-state index contributed by atoms with van der Waals surface area (Å²) in [6.07, 6.45) is -26.0. The first-order chi connectivity index (χ1) is 22.3. The maximum atomic E-state index is 11.3. The van der Waals surface area contributed by atoms with Crippen LogP contribution in [-0.2, 0) is 33.2 Å². The van der Waals surface area contributed by atoms with E-state index in [0.29, 0.717) is 0 Å². The molecule has 20 nitrogen and oxygen atoms in total. The maximum absolute atomic E-state index is 11.3. The minimum absolute atomic E-state index is 0.0675. The average Bonchev–Trinajstić information content (AvgIpc) is 3.35. The fourth-order valence-corrected chi connectivity index (χ4v) is 6.39. The summed E-state index contributed by atoms with van der Waals surface area (Å²) in [5.74, 6) is -1.31. The molecule has 3 fully saturated rings. The largest absolute Gasteiger partial charge is 0.472 e. The van der Waals surface area contributed by atoms with Crippen LogP contribution in [0.15, 0.2) is 24.0 Å². The van der Waals surface area contributed by atoms with Crippen LogP contribution in [0.3, 0.4) is 0 Å². The Hall–Kier alpha value is -1.48. The van der Waals surface area contributed by atoms with E-state index in [1.165, 1.54) is 12.2 Å². The average molecular weight is 687 g/mol. The Labute approximate surface area is 266 Å². The molecule has 0 amide bonds. The van der Waals surface area contributed by atoms with Crippen molar-refractivity contribution in [3.8, 4) is 0 Å². The summed E-state index contributed by atoms with van der Waals surface area (Å²) in [7, 11) is 0. The topological polar surface area (TPSA) is 328 Å². The molecule has 0 aromatic carbocycles. The molecule has 5 aliphatic rings. The number of hydrogen-bond donors (Lipinski definition) is 13. The highest BCUT2D eigenvalue weighted by Gasteiger charge is 2.61. The molecule has 0 aromatic rings. The first-order valence-electron chi connectivity index (χ1n) is 14.9. The van der Waals surface area contributed by atoms with Crippen molar-refractivity contribution in [2.24, 2.45) is 5.92 Å². The van der Waals surface area contributed by atoms with Gasteiger partial charge in [0.2, 0.25) is 6.29 Å². The van der Waals surface area contributed by atoms with Gasteiger partial charge in [0.25, 0.3) is 0 Å².